The van der Waals surface area contributed by atoms with Crippen LogP contribution in [0.1, 0.15) is 116 Å². The minimum atomic E-state index is 0.712. The lowest BCUT2D eigenvalue weighted by molar-refractivity contribution is 0.530. The number of nitrogens with two attached hydrogens (primary N) is 1. The predicted octanol–water partition coefficient (Wildman–Crippen LogP) is 6.70. The summed E-state index contributed by atoms with van der Waals surface area (Å²) in [6.45, 7) is 3.89. The van der Waals surface area contributed by atoms with Gasteiger partial charge in [0.25, 0.3) is 0 Å². The van der Waals surface area contributed by atoms with Crippen molar-refractivity contribution in [3.63, 3.8) is 0 Å². The first-order valence-electron chi connectivity index (χ1n) is 11.0. The van der Waals surface area contributed by atoms with Crippen LogP contribution in [0.3, 0.4) is 0 Å². The third kappa shape index (κ3) is 21.5. The smallest absolute Gasteiger partial charge is 0.0264 e. The molecule has 0 aliphatic carbocycles. The molecule has 0 bridgehead atoms. The molecule has 3 N–H and O–H groups in total. The van der Waals surface area contributed by atoms with E-state index < -0.39 is 0 Å². The molecule has 0 aliphatic heterocycles. The fraction of sp³-hybridized carbons (Fsp3) is 0.909. The van der Waals surface area contributed by atoms with Crippen LogP contribution < -0.4 is 11.1 Å². The topological polar surface area (TPSA) is 38.0 Å². The molecular weight excluding hydrogens is 292 g/mol. The van der Waals surface area contributed by atoms with Gasteiger partial charge in [-0.05, 0) is 19.0 Å². The number of allylic oxidation sites excluding steroid dienone is 1. The molecule has 2 heteroatoms. The second kappa shape index (κ2) is 22.5. The SMILES string of the molecule is CCCCCCCCCCCCCCCCCCC=CNCCN. The average Bonchev–Trinajstić information content (AvgIpc) is 2.60. The summed E-state index contributed by atoms with van der Waals surface area (Å²) in [7, 11) is 0. The highest BCUT2D eigenvalue weighted by molar-refractivity contribution is 4.79. The Labute approximate surface area is 153 Å². The van der Waals surface area contributed by atoms with Gasteiger partial charge in [-0.3, -0.25) is 0 Å². The minimum absolute atomic E-state index is 0.712. The molecule has 0 saturated carbocycles. The lowest BCUT2D eigenvalue weighted by atomic mass is 10.0. The van der Waals surface area contributed by atoms with Gasteiger partial charge in [0.15, 0.2) is 0 Å². The van der Waals surface area contributed by atoms with E-state index >= 15 is 0 Å². The van der Waals surface area contributed by atoms with E-state index in [2.05, 4.69) is 24.5 Å². The van der Waals surface area contributed by atoms with E-state index in [1.165, 1.54) is 109 Å². The van der Waals surface area contributed by atoms with Crippen LogP contribution in [0.4, 0.5) is 0 Å². The van der Waals surface area contributed by atoms with E-state index in [1.807, 2.05) is 0 Å². The van der Waals surface area contributed by atoms with Gasteiger partial charge in [-0.1, -0.05) is 109 Å². The minimum Gasteiger partial charge on any atom is -0.390 e. The fourth-order valence-electron chi connectivity index (χ4n) is 3.14. The van der Waals surface area contributed by atoms with E-state index in [0.717, 1.165) is 6.54 Å². The molecule has 144 valence electrons. The summed E-state index contributed by atoms with van der Waals surface area (Å²) in [5, 5.41) is 3.18. The van der Waals surface area contributed by atoms with Crippen molar-refractivity contribution in [3.8, 4) is 0 Å². The largest absolute Gasteiger partial charge is 0.390 e. The van der Waals surface area contributed by atoms with Crippen molar-refractivity contribution >= 4 is 0 Å². The third-order valence-corrected chi connectivity index (χ3v) is 4.75. The molecule has 0 saturated heterocycles. The Morgan fingerprint density at radius 1 is 0.625 bits per heavy atom. The van der Waals surface area contributed by atoms with Gasteiger partial charge in [0.05, 0.1) is 0 Å². The van der Waals surface area contributed by atoms with E-state index in [-0.39, 0.29) is 0 Å². The van der Waals surface area contributed by atoms with E-state index in [0.29, 0.717) is 6.54 Å². The Morgan fingerprint density at radius 3 is 1.46 bits per heavy atom. The summed E-state index contributed by atoms with van der Waals surface area (Å²) in [5.41, 5.74) is 5.41. The summed E-state index contributed by atoms with van der Waals surface area (Å²) in [5.74, 6) is 0. The van der Waals surface area contributed by atoms with Crippen molar-refractivity contribution in [2.45, 2.75) is 116 Å². The number of rotatable bonds is 20. The van der Waals surface area contributed by atoms with Gasteiger partial charge in [-0.15, -0.1) is 0 Å². The maximum Gasteiger partial charge on any atom is 0.0264 e. The molecule has 0 spiro atoms. The highest BCUT2D eigenvalue weighted by Gasteiger charge is 1.94. The Morgan fingerprint density at radius 2 is 1.04 bits per heavy atom. The fourth-order valence-corrected chi connectivity index (χ4v) is 3.14. The van der Waals surface area contributed by atoms with E-state index in [4.69, 9.17) is 5.73 Å². The van der Waals surface area contributed by atoms with Gasteiger partial charge < -0.3 is 11.1 Å². The van der Waals surface area contributed by atoms with Crippen LogP contribution in [0, 0.1) is 0 Å². The zero-order chi connectivity index (χ0) is 17.6. The summed E-state index contributed by atoms with van der Waals surface area (Å²) in [6, 6.07) is 0. The Hall–Kier alpha value is -0.500. The molecule has 0 aromatic rings. The second-order valence-corrected chi connectivity index (χ2v) is 7.24. The predicted molar refractivity (Wildman–Crippen MR) is 110 cm³/mol. The quantitative estimate of drug-likeness (QED) is 0.242. The van der Waals surface area contributed by atoms with Crippen molar-refractivity contribution in [2.75, 3.05) is 13.1 Å². The third-order valence-electron chi connectivity index (χ3n) is 4.75. The van der Waals surface area contributed by atoms with Crippen LogP contribution in [-0.4, -0.2) is 13.1 Å². The maximum absolute atomic E-state index is 5.41. The molecule has 0 unspecified atom stereocenters. The standard InChI is InChI=1S/C22H46N2/c1-2-3-4-5-6-7-8-9-10-11-12-13-14-15-16-17-18-19-21-24-22-20-23/h19,21,24H,2-18,20,22-23H2,1H3. The highest BCUT2D eigenvalue weighted by Crippen LogP contribution is 2.13. The molecule has 0 atom stereocenters. The molecular formula is C22H46N2. The number of hydrogen-bond acceptors (Lipinski definition) is 2. The Kier molecular flexibility index (Phi) is 22.0. The number of nitrogens with one attached hydrogen (secondary N) is 1. The van der Waals surface area contributed by atoms with Crippen molar-refractivity contribution in [1.29, 1.82) is 0 Å². The summed E-state index contributed by atoms with van der Waals surface area (Å²) in [4.78, 5) is 0. The van der Waals surface area contributed by atoms with Gasteiger partial charge >= 0.3 is 0 Å². The number of unbranched alkanes of at least 4 members (excludes halogenated alkanes) is 16. The average molecular weight is 339 g/mol. The Bertz CT molecular complexity index is 238. The zero-order valence-corrected chi connectivity index (χ0v) is 16.7. The highest BCUT2D eigenvalue weighted by atomic mass is 14.8. The molecule has 2 nitrogen and oxygen atoms in total. The van der Waals surface area contributed by atoms with Crippen molar-refractivity contribution in [3.05, 3.63) is 12.3 Å². The first-order valence-corrected chi connectivity index (χ1v) is 11.0. The second-order valence-electron chi connectivity index (χ2n) is 7.24. The van der Waals surface area contributed by atoms with Crippen molar-refractivity contribution in [2.24, 2.45) is 5.73 Å². The first kappa shape index (κ1) is 23.5. The van der Waals surface area contributed by atoms with Gasteiger partial charge in [-0.25, -0.2) is 0 Å². The monoisotopic (exact) mass is 338 g/mol. The molecule has 0 aromatic carbocycles. The molecule has 0 aliphatic rings. The van der Waals surface area contributed by atoms with Gasteiger partial charge in [0.2, 0.25) is 0 Å². The maximum atomic E-state index is 5.41. The molecule has 24 heavy (non-hydrogen) atoms. The molecule has 0 radical (unpaired) electrons. The van der Waals surface area contributed by atoms with Crippen LogP contribution in [0.25, 0.3) is 0 Å². The van der Waals surface area contributed by atoms with Gasteiger partial charge in [0, 0.05) is 13.1 Å². The zero-order valence-electron chi connectivity index (χ0n) is 16.7. The molecule has 0 amide bonds. The van der Waals surface area contributed by atoms with Gasteiger partial charge in [0.1, 0.15) is 0 Å². The lowest BCUT2D eigenvalue weighted by Crippen LogP contribution is -2.16. The first-order chi connectivity index (χ1) is 11.9. The van der Waals surface area contributed by atoms with Crippen molar-refractivity contribution in [1.82, 2.24) is 5.32 Å². The van der Waals surface area contributed by atoms with Crippen LogP contribution in [0.15, 0.2) is 12.3 Å². The lowest BCUT2D eigenvalue weighted by Gasteiger charge is -2.03. The summed E-state index contributed by atoms with van der Waals surface area (Å²) >= 11 is 0. The van der Waals surface area contributed by atoms with Crippen LogP contribution >= 0.6 is 0 Å². The molecule has 0 aromatic heterocycles. The normalized spacial score (nSPS) is 11.4. The van der Waals surface area contributed by atoms with E-state index in [9.17, 15) is 0 Å². The van der Waals surface area contributed by atoms with Crippen LogP contribution in [0.5, 0.6) is 0 Å². The van der Waals surface area contributed by atoms with Crippen LogP contribution in [-0.2, 0) is 0 Å². The molecule has 0 heterocycles. The summed E-state index contributed by atoms with van der Waals surface area (Å²) in [6.07, 6.45) is 28.5. The van der Waals surface area contributed by atoms with E-state index in [1.54, 1.807) is 0 Å². The van der Waals surface area contributed by atoms with Gasteiger partial charge in [-0.2, -0.15) is 0 Å². The molecule has 0 rings (SSSR count). The van der Waals surface area contributed by atoms with Crippen LogP contribution in [0.2, 0.25) is 0 Å². The Balaban J connectivity index is 2.99. The summed E-state index contributed by atoms with van der Waals surface area (Å²) < 4.78 is 0. The molecule has 0 fully saturated rings. The number of hydrogen-bond donors (Lipinski definition) is 2. The van der Waals surface area contributed by atoms with Crippen molar-refractivity contribution < 1.29 is 0 Å².